The zero-order chi connectivity index (χ0) is 60.3. The van der Waals surface area contributed by atoms with E-state index in [2.05, 4.69) is 238 Å². The molecule has 0 unspecified atom stereocenters. The van der Waals surface area contributed by atoms with Crippen LogP contribution in [0.4, 0.5) is 34.1 Å². The van der Waals surface area contributed by atoms with Crippen LogP contribution in [-0.4, -0.2) is 15.0 Å². The van der Waals surface area contributed by atoms with Crippen molar-refractivity contribution in [3.05, 3.63) is 234 Å². The number of anilines is 6. The summed E-state index contributed by atoms with van der Waals surface area (Å²) >= 11 is 0. The van der Waals surface area contributed by atoms with Crippen LogP contribution in [0.25, 0.3) is 55.9 Å². The third kappa shape index (κ3) is 12.0. The molecule has 8 aromatic carbocycles. The highest BCUT2D eigenvalue weighted by atomic mass is 15.1. The Hall–Kier alpha value is -8.59. The quantitative estimate of drug-likeness (QED) is 0.0361. The maximum absolute atomic E-state index is 6.11. The van der Waals surface area contributed by atoms with Gasteiger partial charge in [-0.1, -0.05) is 246 Å². The zero-order valence-electron chi connectivity index (χ0n) is 52.6. The normalized spacial score (nSPS) is 13.2. The molecule has 5 heteroatoms. The number of terminal acetylenes is 1. The first kappa shape index (κ1) is 59.7. The van der Waals surface area contributed by atoms with Crippen LogP contribution in [0.3, 0.4) is 0 Å². The van der Waals surface area contributed by atoms with Gasteiger partial charge in [0.15, 0.2) is 5.65 Å². The lowest BCUT2D eigenvalue weighted by atomic mass is 9.70. The van der Waals surface area contributed by atoms with Crippen LogP contribution < -0.4 is 9.80 Å². The topological polar surface area (TPSA) is 45.2 Å². The van der Waals surface area contributed by atoms with Crippen molar-refractivity contribution in [1.82, 2.24) is 15.0 Å². The van der Waals surface area contributed by atoms with Crippen LogP contribution in [0.2, 0.25) is 0 Å². The lowest BCUT2D eigenvalue weighted by Crippen LogP contribution is -2.26. The number of hydrogen-bond acceptors (Lipinski definition) is 5. The minimum atomic E-state index is -0.218. The van der Waals surface area contributed by atoms with Gasteiger partial charge in [-0.25, -0.2) is 15.0 Å². The van der Waals surface area contributed by atoms with Gasteiger partial charge >= 0.3 is 0 Å². The van der Waals surface area contributed by atoms with Gasteiger partial charge < -0.3 is 9.80 Å². The molecule has 0 N–H and O–H groups in total. The number of hydrogen-bond donors (Lipinski definition) is 0. The Kier molecular flexibility index (Phi) is 18.8. The summed E-state index contributed by atoms with van der Waals surface area (Å²) in [6, 6.07) is 74.8. The maximum Gasteiger partial charge on any atom is 0.178 e. The SMILES string of the molecule is C#Cc1cnc2nc(-c3ccc4c(c3)C(CCCCCC)(CCCCCC)c3cc(N(c5ccccc5)c5ccccc5)ccc3-4)c(-c3ccc4c(c3)C(CCCCCC)(CCCCCC)c3cc(N(c5ccccc5)c5ccccc5)ccc3-4)nc2c1. The molecule has 2 aliphatic carbocycles. The fourth-order valence-electron chi connectivity index (χ4n) is 14.9. The molecule has 2 aromatic heterocycles. The molecule has 2 heterocycles. The van der Waals surface area contributed by atoms with E-state index in [9.17, 15) is 0 Å². The van der Waals surface area contributed by atoms with E-state index in [4.69, 9.17) is 21.4 Å². The van der Waals surface area contributed by atoms with Crippen LogP contribution in [0.5, 0.6) is 0 Å². The molecule has 10 aromatic rings. The second-order valence-electron chi connectivity index (χ2n) is 25.0. The molecular weight excluding hydrogens is 1070 g/mol. The van der Waals surface area contributed by atoms with E-state index in [-0.39, 0.29) is 10.8 Å². The predicted molar refractivity (Wildman–Crippen MR) is 373 cm³/mol. The third-order valence-corrected chi connectivity index (χ3v) is 19.3. The lowest BCUT2D eigenvalue weighted by molar-refractivity contribution is 0.401. The van der Waals surface area contributed by atoms with Gasteiger partial charge in [0.2, 0.25) is 0 Å². The van der Waals surface area contributed by atoms with Crippen molar-refractivity contribution in [2.45, 2.75) is 167 Å². The van der Waals surface area contributed by atoms with Gasteiger partial charge in [0.05, 0.1) is 11.4 Å². The Morgan fingerprint density at radius 2 is 0.693 bits per heavy atom. The molecule has 5 nitrogen and oxygen atoms in total. The summed E-state index contributed by atoms with van der Waals surface area (Å²) in [6.45, 7) is 9.31. The van der Waals surface area contributed by atoms with E-state index in [0.29, 0.717) is 16.7 Å². The molecule has 0 aliphatic heterocycles. The Labute approximate surface area is 525 Å². The van der Waals surface area contributed by atoms with Crippen LogP contribution in [0, 0.1) is 12.3 Å². The maximum atomic E-state index is 6.11. The summed E-state index contributed by atoms with van der Waals surface area (Å²) in [7, 11) is 0. The average Bonchev–Trinajstić information content (AvgIpc) is 1.61. The molecule has 0 fully saturated rings. The summed E-state index contributed by atoms with van der Waals surface area (Å²) in [5.74, 6) is 2.86. The van der Waals surface area contributed by atoms with Crippen molar-refractivity contribution < 1.29 is 0 Å². The highest BCUT2D eigenvalue weighted by molar-refractivity contribution is 5.93. The Balaban J connectivity index is 1.04. The van der Waals surface area contributed by atoms with Crippen molar-refractivity contribution >= 4 is 45.3 Å². The summed E-state index contributed by atoms with van der Waals surface area (Å²) in [5.41, 5.74) is 23.5. The molecule has 444 valence electrons. The van der Waals surface area contributed by atoms with Gasteiger partial charge in [0.25, 0.3) is 0 Å². The van der Waals surface area contributed by atoms with Gasteiger partial charge in [-0.15, -0.1) is 6.42 Å². The van der Waals surface area contributed by atoms with E-state index in [1.165, 1.54) is 133 Å². The van der Waals surface area contributed by atoms with Crippen LogP contribution in [0.1, 0.15) is 184 Å². The van der Waals surface area contributed by atoms with E-state index >= 15 is 0 Å². The number of benzene rings is 8. The fraction of sp³-hybridized carbons (Fsp3) is 0.313. The van der Waals surface area contributed by atoms with E-state index < -0.39 is 0 Å². The number of para-hydroxylation sites is 4. The molecule has 0 saturated heterocycles. The Morgan fingerprint density at radius 1 is 0.352 bits per heavy atom. The lowest BCUT2D eigenvalue weighted by Gasteiger charge is -2.34. The fourth-order valence-corrected chi connectivity index (χ4v) is 14.9. The molecule has 12 rings (SSSR count). The van der Waals surface area contributed by atoms with Crippen molar-refractivity contribution in [1.29, 1.82) is 0 Å². The summed E-state index contributed by atoms with van der Waals surface area (Å²) in [6.07, 6.45) is 31.4. The average molecular weight is 1150 g/mol. The number of aromatic nitrogens is 3. The molecule has 0 radical (unpaired) electrons. The van der Waals surface area contributed by atoms with Crippen molar-refractivity contribution in [2.75, 3.05) is 9.80 Å². The van der Waals surface area contributed by atoms with E-state index in [0.717, 1.165) is 96.6 Å². The number of rotatable bonds is 28. The minimum absolute atomic E-state index is 0.217. The van der Waals surface area contributed by atoms with Gasteiger partial charge in [-0.05, 0) is 161 Å². The molecule has 0 saturated carbocycles. The monoisotopic (exact) mass is 1150 g/mol. The van der Waals surface area contributed by atoms with Gasteiger partial charge in [-0.2, -0.15) is 0 Å². The Morgan fingerprint density at radius 3 is 1.05 bits per heavy atom. The van der Waals surface area contributed by atoms with Crippen molar-refractivity contribution in [3.63, 3.8) is 0 Å². The van der Waals surface area contributed by atoms with E-state index in [1.54, 1.807) is 6.20 Å². The second kappa shape index (κ2) is 27.6. The first-order chi connectivity index (χ1) is 43.4. The second-order valence-corrected chi connectivity index (χ2v) is 25.0. The molecule has 0 bridgehead atoms. The largest absolute Gasteiger partial charge is 0.310 e. The van der Waals surface area contributed by atoms with Gasteiger partial charge in [0, 0.05) is 67.8 Å². The smallest absolute Gasteiger partial charge is 0.178 e. The molecule has 0 atom stereocenters. The minimum Gasteiger partial charge on any atom is -0.310 e. The van der Waals surface area contributed by atoms with Crippen molar-refractivity contribution in [2.24, 2.45) is 0 Å². The number of pyridine rings is 1. The Bertz CT molecular complexity index is 3910. The number of nitrogens with zero attached hydrogens (tertiary/aromatic N) is 5. The van der Waals surface area contributed by atoms with Gasteiger partial charge in [-0.3, -0.25) is 0 Å². The van der Waals surface area contributed by atoms with Crippen LogP contribution in [0.15, 0.2) is 206 Å². The standard InChI is InChI=1S/C83H87N5/c1-6-11-15-31-51-82(52-32-16-12-7-2)74-56-62(43-47-70(74)72-49-45-68(58-76(72)82)87(64-35-23-19-24-36-64)65-37-25-20-26-38-65)79-80(86-81-78(85-79)55-61(10-5)60-84-81)63-44-48-71-73-50-46-69(88(66-39-27-21-28-40-66)67-41-29-22-30-42-67)59-77(73)83(75(71)57-63,53-33-17-13-8-3)54-34-18-14-9-4/h5,19-30,35-50,55-60H,6-9,11-18,31-34,51-54H2,1-4H3. The first-order valence-electron chi connectivity index (χ1n) is 33.5. The highest BCUT2D eigenvalue weighted by Crippen LogP contribution is 2.59. The van der Waals surface area contributed by atoms with Crippen LogP contribution >= 0.6 is 0 Å². The molecule has 0 spiro atoms. The van der Waals surface area contributed by atoms with Gasteiger partial charge in [0.1, 0.15) is 5.52 Å². The van der Waals surface area contributed by atoms with Crippen molar-refractivity contribution in [3.8, 4) is 57.1 Å². The number of fused-ring (bicyclic) bond motifs is 7. The number of unbranched alkanes of at least 4 members (excludes halogenated alkanes) is 12. The highest BCUT2D eigenvalue weighted by Gasteiger charge is 2.45. The molecular formula is C83H87N5. The molecule has 2 aliphatic rings. The third-order valence-electron chi connectivity index (χ3n) is 19.3. The molecule has 88 heavy (non-hydrogen) atoms. The summed E-state index contributed by atoms with van der Waals surface area (Å²) in [4.78, 5) is 21.2. The zero-order valence-corrected chi connectivity index (χ0v) is 52.6. The summed E-state index contributed by atoms with van der Waals surface area (Å²) in [5, 5.41) is 0. The van der Waals surface area contributed by atoms with Crippen LogP contribution in [-0.2, 0) is 10.8 Å². The predicted octanol–water partition coefficient (Wildman–Crippen LogP) is 23.7. The molecule has 0 amide bonds. The summed E-state index contributed by atoms with van der Waals surface area (Å²) < 4.78 is 0. The first-order valence-corrected chi connectivity index (χ1v) is 33.5. The van der Waals surface area contributed by atoms with E-state index in [1.807, 2.05) is 6.07 Å².